The van der Waals surface area contributed by atoms with Crippen LogP contribution in [0.15, 0.2) is 40.9 Å². The number of halogens is 2. The molecular weight excluding hydrogens is 317 g/mol. The molecule has 4 nitrogen and oxygen atoms in total. The molecule has 0 aliphatic carbocycles. The lowest BCUT2D eigenvalue weighted by molar-refractivity contribution is -0.386. The zero-order valence-electron chi connectivity index (χ0n) is 9.89. The topological polar surface area (TPSA) is 52.4 Å². The number of ether oxygens (including phenoxy) is 1. The van der Waals surface area contributed by atoms with Gasteiger partial charge in [-0.2, -0.15) is 0 Å². The average Bonchev–Trinajstić information content (AvgIpc) is 2.33. The molecule has 0 atom stereocenters. The van der Waals surface area contributed by atoms with Crippen molar-refractivity contribution in [3.05, 3.63) is 62.4 Å². The van der Waals surface area contributed by atoms with E-state index >= 15 is 0 Å². The van der Waals surface area contributed by atoms with E-state index in [4.69, 9.17) is 4.74 Å². The molecule has 0 amide bonds. The summed E-state index contributed by atoms with van der Waals surface area (Å²) in [6, 6.07) is 8.91. The standard InChI is InChI=1S/C13H9BrFNO3/c1-8-3-2-4-12(13(8)16(17)18)19-9-5-6-10(14)11(15)7-9/h2-7H,1H3. The lowest BCUT2D eigenvalue weighted by atomic mass is 10.2. The molecule has 0 aliphatic heterocycles. The molecule has 98 valence electrons. The summed E-state index contributed by atoms with van der Waals surface area (Å²) in [6.45, 7) is 1.62. The Kier molecular flexibility index (Phi) is 3.80. The Morgan fingerprint density at radius 2 is 2.05 bits per heavy atom. The van der Waals surface area contributed by atoms with Crippen LogP contribution < -0.4 is 4.74 Å². The molecule has 2 aromatic rings. The maximum Gasteiger partial charge on any atom is 0.314 e. The highest BCUT2D eigenvalue weighted by Gasteiger charge is 2.18. The first-order valence-electron chi connectivity index (χ1n) is 5.36. The van der Waals surface area contributed by atoms with Crippen LogP contribution in [-0.2, 0) is 0 Å². The normalized spacial score (nSPS) is 10.3. The van der Waals surface area contributed by atoms with E-state index in [1.165, 1.54) is 18.2 Å². The van der Waals surface area contributed by atoms with Gasteiger partial charge in [0.15, 0.2) is 0 Å². The summed E-state index contributed by atoms with van der Waals surface area (Å²) in [5, 5.41) is 11.0. The molecule has 0 aromatic heterocycles. The van der Waals surface area contributed by atoms with Gasteiger partial charge < -0.3 is 4.74 Å². The highest BCUT2D eigenvalue weighted by atomic mass is 79.9. The lowest BCUT2D eigenvalue weighted by Gasteiger charge is -2.08. The van der Waals surface area contributed by atoms with Gasteiger partial charge in [-0.1, -0.05) is 12.1 Å². The molecule has 6 heteroatoms. The van der Waals surface area contributed by atoms with Gasteiger partial charge in [-0.3, -0.25) is 10.1 Å². The predicted octanol–water partition coefficient (Wildman–Crippen LogP) is 4.60. The van der Waals surface area contributed by atoms with E-state index in [2.05, 4.69) is 15.9 Å². The van der Waals surface area contributed by atoms with Crippen molar-refractivity contribution in [1.82, 2.24) is 0 Å². The zero-order chi connectivity index (χ0) is 14.0. The van der Waals surface area contributed by atoms with Gasteiger partial charge in [0, 0.05) is 11.6 Å². The number of nitro groups is 1. The summed E-state index contributed by atoms with van der Waals surface area (Å²) in [4.78, 5) is 10.5. The minimum Gasteiger partial charge on any atom is -0.450 e. The molecule has 0 spiro atoms. The van der Waals surface area contributed by atoms with Gasteiger partial charge in [0.2, 0.25) is 5.75 Å². The van der Waals surface area contributed by atoms with Gasteiger partial charge in [0.1, 0.15) is 11.6 Å². The number of nitrogens with zero attached hydrogens (tertiary/aromatic N) is 1. The molecule has 0 fully saturated rings. The van der Waals surface area contributed by atoms with Crippen LogP contribution >= 0.6 is 15.9 Å². The molecule has 19 heavy (non-hydrogen) atoms. The van der Waals surface area contributed by atoms with Crippen molar-refractivity contribution in [2.24, 2.45) is 0 Å². The second-order valence-electron chi connectivity index (χ2n) is 3.86. The number of nitro benzene ring substituents is 1. The predicted molar refractivity (Wildman–Crippen MR) is 72.0 cm³/mol. The number of rotatable bonds is 3. The number of hydrogen-bond donors (Lipinski definition) is 0. The van der Waals surface area contributed by atoms with Gasteiger partial charge in [-0.05, 0) is 41.1 Å². The van der Waals surface area contributed by atoms with Gasteiger partial charge in [-0.25, -0.2) is 4.39 Å². The Morgan fingerprint density at radius 1 is 1.32 bits per heavy atom. The Balaban J connectivity index is 2.40. The van der Waals surface area contributed by atoms with Crippen LogP contribution in [0.1, 0.15) is 5.56 Å². The minimum atomic E-state index is -0.514. The number of benzene rings is 2. The second kappa shape index (κ2) is 5.36. The van der Waals surface area contributed by atoms with Crippen molar-refractivity contribution in [3.8, 4) is 11.5 Å². The van der Waals surface area contributed by atoms with Crippen molar-refractivity contribution in [2.75, 3.05) is 0 Å². The maximum absolute atomic E-state index is 13.4. The Morgan fingerprint density at radius 3 is 2.68 bits per heavy atom. The molecule has 2 aromatic carbocycles. The van der Waals surface area contributed by atoms with E-state index in [1.807, 2.05) is 0 Å². The van der Waals surface area contributed by atoms with E-state index in [0.29, 0.717) is 10.0 Å². The highest BCUT2D eigenvalue weighted by molar-refractivity contribution is 9.10. The minimum absolute atomic E-state index is 0.0896. The highest BCUT2D eigenvalue weighted by Crippen LogP contribution is 2.34. The fraction of sp³-hybridized carbons (Fsp3) is 0.0769. The number of aryl methyl sites for hydroxylation is 1. The van der Waals surface area contributed by atoms with Crippen LogP contribution in [0.3, 0.4) is 0 Å². The second-order valence-corrected chi connectivity index (χ2v) is 4.71. The summed E-state index contributed by atoms with van der Waals surface area (Å²) >= 11 is 3.03. The van der Waals surface area contributed by atoms with Crippen LogP contribution in [0.25, 0.3) is 0 Å². The molecule has 2 rings (SSSR count). The van der Waals surface area contributed by atoms with Crippen LogP contribution in [0.5, 0.6) is 11.5 Å². The maximum atomic E-state index is 13.4. The number of hydrogen-bond acceptors (Lipinski definition) is 3. The van der Waals surface area contributed by atoms with Gasteiger partial charge >= 0.3 is 5.69 Å². The van der Waals surface area contributed by atoms with Crippen molar-refractivity contribution < 1.29 is 14.1 Å². The largest absolute Gasteiger partial charge is 0.450 e. The first-order valence-corrected chi connectivity index (χ1v) is 6.15. The fourth-order valence-corrected chi connectivity index (χ4v) is 1.86. The summed E-state index contributed by atoms with van der Waals surface area (Å²) in [6.07, 6.45) is 0. The smallest absolute Gasteiger partial charge is 0.314 e. The summed E-state index contributed by atoms with van der Waals surface area (Å²) in [5.41, 5.74) is 0.367. The third kappa shape index (κ3) is 2.90. The SMILES string of the molecule is Cc1cccc(Oc2ccc(Br)c(F)c2)c1[N+](=O)[O-]. The fourth-order valence-electron chi connectivity index (χ4n) is 1.62. The summed E-state index contributed by atoms with van der Waals surface area (Å²) < 4.78 is 19.0. The third-order valence-corrected chi connectivity index (χ3v) is 3.15. The van der Waals surface area contributed by atoms with Crippen molar-refractivity contribution in [3.63, 3.8) is 0 Å². The molecular formula is C13H9BrFNO3. The number of para-hydroxylation sites is 1. The van der Waals surface area contributed by atoms with E-state index in [0.717, 1.165) is 6.07 Å². The van der Waals surface area contributed by atoms with Crippen molar-refractivity contribution in [1.29, 1.82) is 0 Å². The van der Waals surface area contributed by atoms with Crippen molar-refractivity contribution >= 4 is 21.6 Å². The van der Waals surface area contributed by atoms with E-state index in [1.54, 1.807) is 19.1 Å². The molecule has 0 aliphatic rings. The van der Waals surface area contributed by atoms with Crippen LogP contribution in [0, 0.1) is 22.9 Å². The first kappa shape index (κ1) is 13.5. The van der Waals surface area contributed by atoms with Crippen LogP contribution in [-0.4, -0.2) is 4.92 Å². The Hall–Kier alpha value is -1.95. The molecule has 0 saturated carbocycles. The molecule has 0 saturated heterocycles. The average molecular weight is 326 g/mol. The van der Waals surface area contributed by atoms with Gasteiger partial charge in [0.25, 0.3) is 0 Å². The van der Waals surface area contributed by atoms with Crippen LogP contribution in [0.4, 0.5) is 10.1 Å². The molecule has 0 bridgehead atoms. The zero-order valence-corrected chi connectivity index (χ0v) is 11.5. The monoisotopic (exact) mass is 325 g/mol. The molecule has 0 radical (unpaired) electrons. The summed E-state index contributed by atoms with van der Waals surface area (Å²) in [5.74, 6) is -0.200. The quantitative estimate of drug-likeness (QED) is 0.612. The van der Waals surface area contributed by atoms with Gasteiger partial charge in [0.05, 0.1) is 9.40 Å². The molecule has 0 heterocycles. The van der Waals surface area contributed by atoms with Crippen LogP contribution in [0.2, 0.25) is 0 Å². The van der Waals surface area contributed by atoms with E-state index in [9.17, 15) is 14.5 Å². The van der Waals surface area contributed by atoms with Crippen molar-refractivity contribution in [2.45, 2.75) is 6.92 Å². The molecule has 0 N–H and O–H groups in total. The van der Waals surface area contributed by atoms with E-state index < -0.39 is 10.7 Å². The first-order chi connectivity index (χ1) is 8.99. The Bertz CT molecular complexity index is 646. The van der Waals surface area contributed by atoms with Gasteiger partial charge in [-0.15, -0.1) is 0 Å². The lowest BCUT2D eigenvalue weighted by Crippen LogP contribution is -1.96. The summed E-state index contributed by atoms with van der Waals surface area (Å²) in [7, 11) is 0. The molecule has 0 unspecified atom stereocenters. The third-order valence-electron chi connectivity index (χ3n) is 2.50. The van der Waals surface area contributed by atoms with E-state index in [-0.39, 0.29) is 17.2 Å². The Labute approximate surface area is 117 Å².